The second-order valence-corrected chi connectivity index (χ2v) is 4.50. The highest BCUT2D eigenvalue weighted by Gasteiger charge is 2.33. The van der Waals surface area contributed by atoms with E-state index in [1.54, 1.807) is 14.2 Å². The van der Waals surface area contributed by atoms with Crippen LogP contribution in [0.2, 0.25) is 0 Å². The van der Waals surface area contributed by atoms with Gasteiger partial charge < -0.3 is 14.2 Å². The van der Waals surface area contributed by atoms with Crippen LogP contribution in [0, 0.1) is 0 Å². The van der Waals surface area contributed by atoms with Gasteiger partial charge in [-0.15, -0.1) is 0 Å². The number of benzene rings is 1. The summed E-state index contributed by atoms with van der Waals surface area (Å²) in [5.41, 5.74) is 1.82. The fourth-order valence-corrected chi connectivity index (χ4v) is 2.43. The van der Waals surface area contributed by atoms with E-state index in [1.807, 2.05) is 19.1 Å². The molecule has 2 rings (SSSR count). The first kappa shape index (κ1) is 12.9. The lowest BCUT2D eigenvalue weighted by Gasteiger charge is -2.31. The summed E-state index contributed by atoms with van der Waals surface area (Å²) in [6.45, 7) is 3.49. The number of carbonyl (C=O) groups excluding carboxylic acids is 1. The summed E-state index contributed by atoms with van der Waals surface area (Å²) >= 11 is 0. The Kier molecular flexibility index (Phi) is 3.57. The molecule has 0 aliphatic carbocycles. The Labute approximate surface area is 107 Å². The molecule has 0 fully saturated rings. The summed E-state index contributed by atoms with van der Waals surface area (Å²) in [6.07, 6.45) is 0.153. The molecule has 0 spiro atoms. The maximum absolute atomic E-state index is 11.8. The highest BCUT2D eigenvalue weighted by Crippen LogP contribution is 2.41. The minimum absolute atomic E-state index is 0.00703. The van der Waals surface area contributed by atoms with Gasteiger partial charge in [0.2, 0.25) is 0 Å². The van der Waals surface area contributed by atoms with E-state index < -0.39 is 6.10 Å². The zero-order valence-corrected chi connectivity index (χ0v) is 11.1. The van der Waals surface area contributed by atoms with Gasteiger partial charge >= 0.3 is 0 Å². The molecule has 98 valence electrons. The largest absolute Gasteiger partial charge is 0.496 e. The lowest BCUT2D eigenvalue weighted by molar-refractivity contribution is -0.133. The minimum atomic E-state index is -0.561. The molecule has 0 saturated heterocycles. The quantitative estimate of drug-likeness (QED) is 0.825. The second kappa shape index (κ2) is 4.98. The van der Waals surface area contributed by atoms with Gasteiger partial charge in [0.1, 0.15) is 17.6 Å². The first-order valence-electron chi connectivity index (χ1n) is 5.98. The number of rotatable bonds is 3. The van der Waals surface area contributed by atoms with Crippen LogP contribution in [0.3, 0.4) is 0 Å². The summed E-state index contributed by atoms with van der Waals surface area (Å²) in [5, 5.41) is 0. The molecule has 1 heterocycles. The predicted octanol–water partition coefficient (Wildman–Crippen LogP) is 2.30. The zero-order valence-electron chi connectivity index (χ0n) is 11.1. The van der Waals surface area contributed by atoms with Crippen molar-refractivity contribution in [3.63, 3.8) is 0 Å². The molecule has 0 radical (unpaired) electrons. The summed E-state index contributed by atoms with van der Waals surface area (Å²) < 4.78 is 16.4. The van der Waals surface area contributed by atoms with Crippen LogP contribution < -0.4 is 9.47 Å². The lowest BCUT2D eigenvalue weighted by Crippen LogP contribution is -2.28. The van der Waals surface area contributed by atoms with E-state index in [1.165, 1.54) is 6.92 Å². The number of methoxy groups -OCH3 is 2. The van der Waals surface area contributed by atoms with E-state index in [0.29, 0.717) is 5.75 Å². The van der Waals surface area contributed by atoms with Crippen molar-refractivity contribution in [3.05, 3.63) is 23.3 Å². The number of hydrogen-bond acceptors (Lipinski definition) is 4. The van der Waals surface area contributed by atoms with Crippen LogP contribution in [-0.4, -0.2) is 26.1 Å². The maximum atomic E-state index is 11.8. The Balaban J connectivity index is 2.62. The number of ether oxygens (including phenoxy) is 3. The molecule has 2 unspecified atom stereocenters. The van der Waals surface area contributed by atoms with E-state index >= 15 is 0 Å². The third kappa shape index (κ3) is 2.08. The monoisotopic (exact) mass is 250 g/mol. The molecule has 0 aromatic heterocycles. The summed E-state index contributed by atoms with van der Waals surface area (Å²) in [6, 6.07) is 3.68. The lowest BCUT2D eigenvalue weighted by atomic mass is 9.91. The van der Waals surface area contributed by atoms with Crippen LogP contribution in [0.15, 0.2) is 12.1 Å². The fourth-order valence-electron chi connectivity index (χ4n) is 2.43. The van der Waals surface area contributed by atoms with Gasteiger partial charge in [-0.2, -0.15) is 0 Å². The molecular weight excluding hydrogens is 232 g/mol. The van der Waals surface area contributed by atoms with Crippen LogP contribution in [0.5, 0.6) is 11.5 Å². The van der Waals surface area contributed by atoms with Crippen molar-refractivity contribution in [2.45, 2.75) is 32.5 Å². The SMILES string of the molecule is COc1ccc(OC)c2c1CC(C)OC2C(C)=O. The topological polar surface area (TPSA) is 44.8 Å². The van der Waals surface area contributed by atoms with Gasteiger partial charge in [-0.25, -0.2) is 0 Å². The van der Waals surface area contributed by atoms with Gasteiger partial charge in [-0.3, -0.25) is 4.79 Å². The summed E-state index contributed by atoms with van der Waals surface area (Å²) in [5.74, 6) is 1.44. The van der Waals surface area contributed by atoms with E-state index in [0.717, 1.165) is 23.3 Å². The van der Waals surface area contributed by atoms with Gasteiger partial charge in [0.15, 0.2) is 5.78 Å². The van der Waals surface area contributed by atoms with Crippen LogP contribution >= 0.6 is 0 Å². The standard InChI is InChI=1S/C14H18O4/c1-8-7-10-11(16-3)5-6-12(17-4)13(10)14(18-8)9(2)15/h5-6,8,14H,7H2,1-4H3. The van der Waals surface area contributed by atoms with E-state index in [-0.39, 0.29) is 11.9 Å². The Morgan fingerprint density at radius 3 is 2.44 bits per heavy atom. The second-order valence-electron chi connectivity index (χ2n) is 4.50. The number of Topliss-reactive ketones (excluding diaryl/α,β-unsaturated/α-hetero) is 1. The number of fused-ring (bicyclic) bond motifs is 1. The maximum Gasteiger partial charge on any atom is 0.163 e. The molecule has 4 nitrogen and oxygen atoms in total. The molecule has 1 aliphatic heterocycles. The molecule has 4 heteroatoms. The van der Waals surface area contributed by atoms with Crippen molar-refractivity contribution in [1.82, 2.24) is 0 Å². The summed E-state index contributed by atoms with van der Waals surface area (Å²) in [7, 11) is 3.22. The predicted molar refractivity (Wildman–Crippen MR) is 67.2 cm³/mol. The van der Waals surface area contributed by atoms with E-state index in [2.05, 4.69) is 0 Å². The van der Waals surface area contributed by atoms with Crippen LogP contribution in [0.4, 0.5) is 0 Å². The molecule has 0 bridgehead atoms. The van der Waals surface area contributed by atoms with Gasteiger partial charge in [0.05, 0.1) is 20.3 Å². The van der Waals surface area contributed by atoms with Crippen molar-refractivity contribution < 1.29 is 19.0 Å². The molecule has 1 aromatic rings. The molecule has 0 N–H and O–H groups in total. The van der Waals surface area contributed by atoms with Gasteiger partial charge in [0.25, 0.3) is 0 Å². The number of hydrogen-bond donors (Lipinski definition) is 0. The Hall–Kier alpha value is -1.55. The van der Waals surface area contributed by atoms with Crippen molar-refractivity contribution in [2.75, 3.05) is 14.2 Å². The normalized spacial score (nSPS) is 22.2. The van der Waals surface area contributed by atoms with Crippen molar-refractivity contribution >= 4 is 5.78 Å². The third-order valence-electron chi connectivity index (χ3n) is 3.21. The molecule has 1 aromatic carbocycles. The van der Waals surface area contributed by atoms with E-state index in [4.69, 9.17) is 14.2 Å². The zero-order chi connectivity index (χ0) is 13.3. The van der Waals surface area contributed by atoms with Crippen molar-refractivity contribution in [3.8, 4) is 11.5 Å². The molecular formula is C14H18O4. The third-order valence-corrected chi connectivity index (χ3v) is 3.21. The van der Waals surface area contributed by atoms with Crippen molar-refractivity contribution in [1.29, 1.82) is 0 Å². The minimum Gasteiger partial charge on any atom is -0.496 e. The average Bonchev–Trinajstić information content (AvgIpc) is 2.36. The van der Waals surface area contributed by atoms with E-state index in [9.17, 15) is 4.79 Å². The molecule has 18 heavy (non-hydrogen) atoms. The smallest absolute Gasteiger partial charge is 0.163 e. The molecule has 0 amide bonds. The van der Waals surface area contributed by atoms with Crippen LogP contribution in [0.25, 0.3) is 0 Å². The fraction of sp³-hybridized carbons (Fsp3) is 0.500. The summed E-state index contributed by atoms with van der Waals surface area (Å²) in [4.78, 5) is 11.8. The average molecular weight is 250 g/mol. The Bertz CT molecular complexity index is 467. The van der Waals surface area contributed by atoms with Crippen molar-refractivity contribution in [2.24, 2.45) is 0 Å². The highest BCUT2D eigenvalue weighted by molar-refractivity contribution is 5.84. The first-order chi connectivity index (χ1) is 8.58. The highest BCUT2D eigenvalue weighted by atomic mass is 16.5. The molecule has 1 aliphatic rings. The van der Waals surface area contributed by atoms with Gasteiger partial charge in [-0.1, -0.05) is 0 Å². The molecule has 2 atom stereocenters. The van der Waals surface area contributed by atoms with Gasteiger partial charge in [0, 0.05) is 17.5 Å². The van der Waals surface area contributed by atoms with Crippen LogP contribution in [0.1, 0.15) is 31.1 Å². The number of carbonyl (C=O) groups is 1. The van der Waals surface area contributed by atoms with Crippen LogP contribution in [-0.2, 0) is 16.0 Å². The first-order valence-corrected chi connectivity index (χ1v) is 5.98. The molecule has 0 saturated carbocycles. The number of ketones is 1. The van der Waals surface area contributed by atoms with Gasteiger partial charge in [-0.05, 0) is 26.0 Å². The Morgan fingerprint density at radius 1 is 1.28 bits per heavy atom. The Morgan fingerprint density at radius 2 is 1.89 bits per heavy atom.